The molecule has 0 bridgehead atoms. The van der Waals surface area contributed by atoms with Crippen LogP contribution in [0.1, 0.15) is 48.6 Å². The van der Waals surface area contributed by atoms with Crippen molar-refractivity contribution in [1.29, 1.82) is 0 Å². The number of thioether (sulfide) groups is 1. The minimum Gasteiger partial charge on any atom is -0.352 e. The zero-order valence-corrected chi connectivity index (χ0v) is 15.4. The highest BCUT2D eigenvalue weighted by Crippen LogP contribution is 2.35. The number of hydrogen-bond donors (Lipinski definition) is 1. The molecule has 2 aromatic rings. The van der Waals surface area contributed by atoms with Gasteiger partial charge in [-0.25, -0.2) is 9.97 Å². The zero-order chi connectivity index (χ0) is 19.3. The quantitative estimate of drug-likeness (QED) is 0.585. The number of rotatable bonds is 5. The van der Waals surface area contributed by atoms with Crippen molar-refractivity contribution in [3.63, 3.8) is 0 Å². The Kier molecular flexibility index (Phi) is 6.36. The number of nitrogens with zero attached hydrogens (tertiary/aromatic N) is 2. The standard InChI is InChI=1S/C19H20F3N3OS/c20-19(21,22)15-11-12-23-18(25-15)27-16(13-7-3-1-4-8-13)17(26)24-14-9-5-2-6-10-14/h1,3-4,7-8,11-12,14,16H,2,5-6,9-10H2,(H,24,26)/t16-/m1/s1. The van der Waals surface area contributed by atoms with Crippen molar-refractivity contribution in [1.82, 2.24) is 15.3 Å². The zero-order valence-electron chi connectivity index (χ0n) is 14.6. The number of carbonyl (C=O) groups excluding carboxylic acids is 1. The number of halogens is 3. The molecule has 3 rings (SSSR count). The molecule has 1 atom stereocenters. The highest BCUT2D eigenvalue weighted by atomic mass is 32.2. The molecule has 0 aliphatic heterocycles. The summed E-state index contributed by atoms with van der Waals surface area (Å²) in [5.74, 6) is -0.223. The van der Waals surface area contributed by atoms with E-state index in [9.17, 15) is 18.0 Å². The van der Waals surface area contributed by atoms with E-state index in [2.05, 4.69) is 15.3 Å². The van der Waals surface area contributed by atoms with Gasteiger partial charge in [0.1, 0.15) is 10.9 Å². The van der Waals surface area contributed by atoms with E-state index in [1.807, 2.05) is 6.07 Å². The van der Waals surface area contributed by atoms with Crippen molar-refractivity contribution in [3.8, 4) is 0 Å². The van der Waals surface area contributed by atoms with Crippen LogP contribution in [0.2, 0.25) is 0 Å². The van der Waals surface area contributed by atoms with Crippen molar-refractivity contribution in [2.75, 3.05) is 0 Å². The monoisotopic (exact) mass is 395 g/mol. The minimum absolute atomic E-state index is 0.0718. The molecular weight excluding hydrogens is 375 g/mol. The maximum atomic E-state index is 12.9. The molecule has 1 aromatic carbocycles. The predicted molar refractivity (Wildman–Crippen MR) is 97.1 cm³/mol. The fraction of sp³-hybridized carbons (Fsp3) is 0.421. The van der Waals surface area contributed by atoms with Crippen molar-refractivity contribution in [2.24, 2.45) is 0 Å². The van der Waals surface area contributed by atoms with E-state index < -0.39 is 17.1 Å². The van der Waals surface area contributed by atoms with E-state index in [0.717, 1.165) is 49.7 Å². The lowest BCUT2D eigenvalue weighted by atomic mass is 9.95. The Bertz CT molecular complexity index is 764. The van der Waals surface area contributed by atoms with Crippen LogP contribution in [0.3, 0.4) is 0 Å². The summed E-state index contributed by atoms with van der Waals surface area (Å²) in [7, 11) is 0. The summed E-state index contributed by atoms with van der Waals surface area (Å²) in [4.78, 5) is 20.4. The molecule has 8 heteroatoms. The summed E-state index contributed by atoms with van der Waals surface area (Å²) >= 11 is 0.935. The van der Waals surface area contributed by atoms with E-state index in [0.29, 0.717) is 5.56 Å². The molecule has 0 unspecified atom stereocenters. The maximum Gasteiger partial charge on any atom is 0.433 e. The van der Waals surface area contributed by atoms with Crippen LogP contribution >= 0.6 is 11.8 Å². The van der Waals surface area contributed by atoms with Crippen molar-refractivity contribution < 1.29 is 18.0 Å². The molecule has 0 radical (unpaired) electrons. The Balaban J connectivity index is 1.81. The number of hydrogen-bond acceptors (Lipinski definition) is 4. The summed E-state index contributed by atoms with van der Waals surface area (Å²) in [6, 6.07) is 9.92. The summed E-state index contributed by atoms with van der Waals surface area (Å²) in [6.45, 7) is 0. The largest absolute Gasteiger partial charge is 0.433 e. The van der Waals surface area contributed by atoms with E-state index in [-0.39, 0.29) is 17.1 Å². The molecular formula is C19H20F3N3OS. The number of aromatic nitrogens is 2. The highest BCUT2D eigenvalue weighted by Gasteiger charge is 2.33. The first-order valence-electron chi connectivity index (χ1n) is 8.86. The SMILES string of the molecule is O=C(NC1CCCCC1)[C@H](Sc1nccc(C(F)(F)F)n1)c1ccccc1. The molecule has 1 amide bonds. The third-order valence-electron chi connectivity index (χ3n) is 4.44. The number of amides is 1. The number of alkyl halides is 3. The fourth-order valence-corrected chi connectivity index (χ4v) is 4.04. The van der Waals surface area contributed by atoms with Gasteiger partial charge in [0, 0.05) is 12.2 Å². The first kappa shape index (κ1) is 19.7. The van der Waals surface area contributed by atoms with E-state index in [4.69, 9.17) is 0 Å². The first-order valence-corrected chi connectivity index (χ1v) is 9.73. The Hall–Kier alpha value is -2.09. The molecule has 0 spiro atoms. The molecule has 27 heavy (non-hydrogen) atoms. The van der Waals surface area contributed by atoms with E-state index in [1.165, 1.54) is 6.42 Å². The highest BCUT2D eigenvalue weighted by molar-refractivity contribution is 8.00. The van der Waals surface area contributed by atoms with E-state index >= 15 is 0 Å². The molecule has 144 valence electrons. The van der Waals surface area contributed by atoms with Gasteiger partial charge in [0.2, 0.25) is 5.91 Å². The molecule has 1 aliphatic rings. The summed E-state index contributed by atoms with van der Waals surface area (Å²) < 4.78 is 38.8. The molecule has 1 aromatic heterocycles. The molecule has 1 fully saturated rings. The summed E-state index contributed by atoms with van der Waals surface area (Å²) in [6.07, 6.45) is 1.69. The van der Waals surface area contributed by atoms with Crippen molar-refractivity contribution in [3.05, 3.63) is 53.9 Å². The molecule has 1 heterocycles. The molecule has 1 saturated carbocycles. The lowest BCUT2D eigenvalue weighted by molar-refractivity contribution is -0.141. The second kappa shape index (κ2) is 8.73. The Morgan fingerprint density at radius 3 is 2.48 bits per heavy atom. The number of benzene rings is 1. The first-order chi connectivity index (χ1) is 12.9. The van der Waals surface area contributed by atoms with Crippen LogP contribution in [0.25, 0.3) is 0 Å². The Labute approximate surface area is 160 Å². The normalized spacial score (nSPS) is 16.7. The van der Waals surface area contributed by atoms with Crippen LogP contribution in [0, 0.1) is 0 Å². The van der Waals surface area contributed by atoms with Gasteiger partial charge in [-0.1, -0.05) is 61.4 Å². The molecule has 1 aliphatic carbocycles. The topological polar surface area (TPSA) is 54.9 Å². The van der Waals surface area contributed by atoms with Crippen LogP contribution in [0.4, 0.5) is 13.2 Å². The van der Waals surface area contributed by atoms with Crippen LogP contribution in [0.15, 0.2) is 47.8 Å². The second-order valence-corrected chi connectivity index (χ2v) is 7.55. The van der Waals surface area contributed by atoms with Gasteiger partial charge in [-0.15, -0.1) is 0 Å². The Morgan fingerprint density at radius 1 is 1.11 bits per heavy atom. The van der Waals surface area contributed by atoms with Gasteiger partial charge in [-0.2, -0.15) is 13.2 Å². The van der Waals surface area contributed by atoms with Gasteiger partial charge >= 0.3 is 6.18 Å². The third kappa shape index (κ3) is 5.45. The van der Waals surface area contributed by atoms with Gasteiger partial charge in [-0.3, -0.25) is 4.79 Å². The van der Waals surface area contributed by atoms with Crippen LogP contribution in [0.5, 0.6) is 0 Å². The van der Waals surface area contributed by atoms with Crippen LogP contribution < -0.4 is 5.32 Å². The fourth-order valence-electron chi connectivity index (χ4n) is 3.09. The lowest BCUT2D eigenvalue weighted by Gasteiger charge is -2.25. The summed E-state index contributed by atoms with van der Waals surface area (Å²) in [5, 5.41) is 2.26. The smallest absolute Gasteiger partial charge is 0.352 e. The average molecular weight is 395 g/mol. The Morgan fingerprint density at radius 2 is 1.81 bits per heavy atom. The van der Waals surface area contributed by atoms with Gasteiger partial charge in [0.15, 0.2) is 5.16 Å². The number of carbonyl (C=O) groups is 1. The van der Waals surface area contributed by atoms with Crippen molar-refractivity contribution in [2.45, 2.75) is 54.7 Å². The molecule has 1 N–H and O–H groups in total. The van der Waals surface area contributed by atoms with E-state index in [1.54, 1.807) is 24.3 Å². The van der Waals surface area contributed by atoms with Gasteiger partial charge in [0.05, 0.1) is 0 Å². The maximum absolute atomic E-state index is 12.9. The molecule has 4 nitrogen and oxygen atoms in total. The average Bonchev–Trinajstić information content (AvgIpc) is 2.67. The predicted octanol–water partition coefficient (Wildman–Crippen LogP) is 4.78. The van der Waals surface area contributed by atoms with Gasteiger partial charge in [0.25, 0.3) is 0 Å². The summed E-state index contributed by atoms with van der Waals surface area (Å²) in [5.41, 5.74) is -0.309. The third-order valence-corrected chi connectivity index (χ3v) is 5.57. The lowest BCUT2D eigenvalue weighted by Crippen LogP contribution is -2.38. The number of nitrogens with one attached hydrogen (secondary N) is 1. The minimum atomic E-state index is -4.55. The van der Waals surface area contributed by atoms with Crippen LogP contribution in [-0.2, 0) is 11.0 Å². The second-order valence-electron chi connectivity index (χ2n) is 6.47. The van der Waals surface area contributed by atoms with Crippen molar-refractivity contribution >= 4 is 17.7 Å². The van der Waals surface area contributed by atoms with Crippen LogP contribution in [-0.4, -0.2) is 21.9 Å². The van der Waals surface area contributed by atoms with Gasteiger partial charge < -0.3 is 5.32 Å². The van der Waals surface area contributed by atoms with Gasteiger partial charge in [-0.05, 0) is 24.5 Å². The molecule has 0 saturated heterocycles.